The molecule has 0 bridgehead atoms. The Hall–Kier alpha value is -1.98. The van der Waals surface area contributed by atoms with Gasteiger partial charge in [0.2, 0.25) is 0 Å². The molecular formula is C22H27NO3S. The van der Waals surface area contributed by atoms with Crippen LogP contribution in [0.2, 0.25) is 0 Å². The molecule has 0 saturated heterocycles. The lowest BCUT2D eigenvalue weighted by Gasteiger charge is -2.21. The molecule has 144 valence electrons. The van der Waals surface area contributed by atoms with Crippen molar-refractivity contribution in [2.75, 3.05) is 19.6 Å². The van der Waals surface area contributed by atoms with Crippen LogP contribution >= 0.6 is 11.3 Å². The number of aryl methyl sites for hydroxylation is 1. The lowest BCUT2D eigenvalue weighted by Crippen LogP contribution is -2.25. The number of carbonyl (C=O) groups excluding carboxylic acids is 1. The monoisotopic (exact) mass is 385 g/mol. The summed E-state index contributed by atoms with van der Waals surface area (Å²) in [5.74, 6) is -1.11. The molecule has 27 heavy (non-hydrogen) atoms. The molecule has 3 rings (SSSR count). The average Bonchev–Trinajstić information content (AvgIpc) is 3.18. The molecular weight excluding hydrogens is 358 g/mol. The van der Waals surface area contributed by atoms with Crippen LogP contribution in [0.3, 0.4) is 0 Å². The van der Waals surface area contributed by atoms with Gasteiger partial charge < -0.3 is 10.0 Å². The zero-order valence-electron chi connectivity index (χ0n) is 16.2. The van der Waals surface area contributed by atoms with Gasteiger partial charge in [0.05, 0.1) is 5.92 Å². The molecule has 2 unspecified atom stereocenters. The van der Waals surface area contributed by atoms with Crippen LogP contribution in [0.1, 0.15) is 69.8 Å². The van der Waals surface area contributed by atoms with Gasteiger partial charge in [-0.3, -0.25) is 9.59 Å². The molecule has 0 fully saturated rings. The second-order valence-electron chi connectivity index (χ2n) is 7.15. The maximum atomic E-state index is 13.2. The van der Waals surface area contributed by atoms with Crippen molar-refractivity contribution < 1.29 is 14.7 Å². The Kier molecular flexibility index (Phi) is 6.12. The van der Waals surface area contributed by atoms with Gasteiger partial charge >= 0.3 is 5.97 Å². The van der Waals surface area contributed by atoms with E-state index in [2.05, 4.69) is 18.7 Å². The quantitative estimate of drug-likeness (QED) is 0.671. The van der Waals surface area contributed by atoms with Crippen molar-refractivity contribution >= 4 is 23.1 Å². The van der Waals surface area contributed by atoms with E-state index in [9.17, 15) is 14.7 Å². The van der Waals surface area contributed by atoms with E-state index >= 15 is 0 Å². The maximum absolute atomic E-state index is 13.2. The molecule has 5 heteroatoms. The van der Waals surface area contributed by atoms with Crippen LogP contribution in [-0.2, 0) is 4.79 Å². The normalized spacial score (nSPS) is 18.7. The Morgan fingerprint density at radius 2 is 1.85 bits per heavy atom. The smallest absolute Gasteiger partial charge is 0.311 e. The van der Waals surface area contributed by atoms with Gasteiger partial charge in [0.1, 0.15) is 0 Å². The zero-order valence-corrected chi connectivity index (χ0v) is 17.0. The maximum Gasteiger partial charge on any atom is 0.311 e. The standard InChI is InChI=1S/C22H27NO3S/c1-4-23(5-2)12-11-16-13-17(22(25)26)21-19(16)18(14(3)27-21)20(24)15-9-7-6-8-10-15/h6-10,16-17H,4-5,11-13H2,1-3H3,(H,25,26). The highest BCUT2D eigenvalue weighted by Crippen LogP contribution is 2.50. The van der Waals surface area contributed by atoms with Gasteiger partial charge in [0, 0.05) is 20.9 Å². The van der Waals surface area contributed by atoms with Crippen LogP contribution in [0, 0.1) is 6.92 Å². The zero-order chi connectivity index (χ0) is 19.6. The number of fused-ring (bicyclic) bond motifs is 1. The summed E-state index contributed by atoms with van der Waals surface area (Å²) in [7, 11) is 0. The number of carboxylic acids is 1. The molecule has 0 amide bonds. The third-order valence-corrected chi connectivity index (χ3v) is 6.88. The third-order valence-electron chi connectivity index (χ3n) is 5.64. The van der Waals surface area contributed by atoms with Crippen LogP contribution in [0.15, 0.2) is 30.3 Å². The molecule has 0 spiro atoms. The lowest BCUT2D eigenvalue weighted by atomic mass is 9.91. The topological polar surface area (TPSA) is 57.6 Å². The minimum absolute atomic E-state index is 0.0180. The van der Waals surface area contributed by atoms with Gasteiger partial charge in [-0.2, -0.15) is 0 Å². The third kappa shape index (κ3) is 3.85. The van der Waals surface area contributed by atoms with Crippen LogP contribution < -0.4 is 0 Å². The fourth-order valence-electron chi connectivity index (χ4n) is 4.13. The van der Waals surface area contributed by atoms with Crippen LogP contribution in [0.25, 0.3) is 0 Å². The summed E-state index contributed by atoms with van der Waals surface area (Å²) in [5.41, 5.74) is 2.42. The second kappa shape index (κ2) is 8.36. The van der Waals surface area contributed by atoms with Gasteiger partial charge in [0.25, 0.3) is 0 Å². The van der Waals surface area contributed by atoms with Crippen molar-refractivity contribution in [2.24, 2.45) is 0 Å². The minimum Gasteiger partial charge on any atom is -0.481 e. The predicted molar refractivity (Wildman–Crippen MR) is 109 cm³/mol. The van der Waals surface area contributed by atoms with Crippen LogP contribution in [0.4, 0.5) is 0 Å². The number of carboxylic acid groups (broad SMARTS) is 1. The van der Waals surface area contributed by atoms with Crippen LogP contribution in [-0.4, -0.2) is 41.4 Å². The summed E-state index contributed by atoms with van der Waals surface area (Å²) in [5, 5.41) is 9.71. The largest absolute Gasteiger partial charge is 0.481 e. The van der Waals surface area contributed by atoms with Crippen molar-refractivity contribution in [1.29, 1.82) is 0 Å². The molecule has 0 radical (unpaired) electrons. The number of carbonyl (C=O) groups is 2. The average molecular weight is 386 g/mol. The number of rotatable bonds is 8. The van der Waals surface area contributed by atoms with Gasteiger partial charge in [-0.1, -0.05) is 44.2 Å². The molecule has 0 aliphatic heterocycles. The Balaban J connectivity index is 1.99. The molecule has 0 saturated carbocycles. The first-order chi connectivity index (χ1) is 13.0. The fourth-order valence-corrected chi connectivity index (χ4v) is 5.48. The molecule has 4 nitrogen and oxygen atoms in total. The van der Waals surface area contributed by atoms with Gasteiger partial charge in [-0.25, -0.2) is 0 Å². The predicted octanol–water partition coefficient (Wildman–Crippen LogP) is 4.67. The summed E-state index contributed by atoms with van der Waals surface area (Å²) in [4.78, 5) is 29.2. The highest BCUT2D eigenvalue weighted by Gasteiger charge is 2.41. The van der Waals surface area contributed by atoms with Crippen molar-refractivity contribution in [3.05, 3.63) is 56.8 Å². The highest BCUT2D eigenvalue weighted by atomic mass is 32.1. The second-order valence-corrected chi connectivity index (χ2v) is 8.40. The van der Waals surface area contributed by atoms with Crippen molar-refractivity contribution in [3.8, 4) is 0 Å². The first-order valence-electron chi connectivity index (χ1n) is 9.65. The SMILES string of the molecule is CCN(CC)CCC1CC(C(=O)O)c2sc(C)c(C(=O)c3ccccc3)c21. The first kappa shape index (κ1) is 19.8. The summed E-state index contributed by atoms with van der Waals surface area (Å²) >= 11 is 1.50. The lowest BCUT2D eigenvalue weighted by molar-refractivity contribution is -0.138. The summed E-state index contributed by atoms with van der Waals surface area (Å²) < 4.78 is 0. The summed E-state index contributed by atoms with van der Waals surface area (Å²) in [6, 6.07) is 9.30. The molecule has 1 aliphatic carbocycles. The first-order valence-corrected chi connectivity index (χ1v) is 10.5. The fraction of sp³-hybridized carbons (Fsp3) is 0.455. The number of nitrogens with zero attached hydrogens (tertiary/aromatic N) is 1. The van der Waals surface area contributed by atoms with Crippen molar-refractivity contribution in [1.82, 2.24) is 4.90 Å². The number of thiophene rings is 1. The minimum atomic E-state index is -0.776. The Bertz CT molecular complexity index is 824. The number of hydrogen-bond acceptors (Lipinski definition) is 4. The number of ketones is 1. The highest BCUT2D eigenvalue weighted by molar-refractivity contribution is 7.12. The molecule has 2 atom stereocenters. The van der Waals surface area contributed by atoms with E-state index in [1.165, 1.54) is 11.3 Å². The van der Waals surface area contributed by atoms with Crippen molar-refractivity contribution in [2.45, 2.75) is 45.4 Å². The van der Waals surface area contributed by atoms with Crippen LogP contribution in [0.5, 0.6) is 0 Å². The van der Waals surface area contributed by atoms with E-state index in [4.69, 9.17) is 0 Å². The van der Waals surface area contributed by atoms with E-state index in [1.54, 1.807) is 0 Å². The number of hydrogen-bond donors (Lipinski definition) is 1. The molecule has 1 N–H and O–H groups in total. The molecule has 1 aromatic heterocycles. The van der Waals surface area contributed by atoms with E-state index in [1.807, 2.05) is 37.3 Å². The molecule has 1 heterocycles. The summed E-state index contributed by atoms with van der Waals surface area (Å²) in [6.07, 6.45) is 1.50. The Morgan fingerprint density at radius 1 is 1.19 bits per heavy atom. The van der Waals surface area contributed by atoms with Crippen molar-refractivity contribution in [3.63, 3.8) is 0 Å². The molecule has 2 aromatic rings. The summed E-state index contributed by atoms with van der Waals surface area (Å²) in [6.45, 7) is 9.12. The van der Waals surface area contributed by atoms with E-state index in [-0.39, 0.29) is 11.7 Å². The van der Waals surface area contributed by atoms with E-state index in [0.717, 1.165) is 46.9 Å². The molecule has 1 aromatic carbocycles. The Morgan fingerprint density at radius 3 is 2.44 bits per heavy atom. The Labute approximate surface area is 164 Å². The number of aliphatic carboxylic acids is 1. The van der Waals surface area contributed by atoms with E-state index < -0.39 is 11.9 Å². The van der Waals surface area contributed by atoms with E-state index in [0.29, 0.717) is 12.0 Å². The molecule has 1 aliphatic rings. The van der Waals surface area contributed by atoms with Gasteiger partial charge in [-0.05, 0) is 50.9 Å². The van der Waals surface area contributed by atoms with Gasteiger partial charge in [-0.15, -0.1) is 11.3 Å². The van der Waals surface area contributed by atoms with Gasteiger partial charge in [0.15, 0.2) is 5.78 Å². The number of benzene rings is 1.